The number of carbonyl (C=O) groups is 3. The van der Waals surface area contributed by atoms with Crippen LogP contribution < -0.4 is 10.6 Å². The number of alkyl halides is 1. The third-order valence-corrected chi connectivity index (χ3v) is 4.28. The van der Waals surface area contributed by atoms with Crippen molar-refractivity contribution < 1.29 is 32.3 Å². The maximum Gasteiger partial charge on any atom is 0.333 e. The summed E-state index contributed by atoms with van der Waals surface area (Å²) in [6, 6.07) is 9.25. The van der Waals surface area contributed by atoms with Crippen LogP contribution in [0.5, 0.6) is 0 Å². The fourth-order valence-corrected chi connectivity index (χ4v) is 2.72. The summed E-state index contributed by atoms with van der Waals surface area (Å²) in [6.07, 6.45) is 0. The smallest absolute Gasteiger partial charge is 0.333 e. The summed E-state index contributed by atoms with van der Waals surface area (Å²) in [5.74, 6) is -5.27. The molecule has 2 amide bonds. The normalized spacial score (nSPS) is 14.1. The maximum absolute atomic E-state index is 15.1. The molecule has 0 spiro atoms. The first kappa shape index (κ1) is 24.9. The summed E-state index contributed by atoms with van der Waals surface area (Å²) >= 11 is 0. The highest BCUT2D eigenvalue weighted by Gasteiger charge is 2.43. The summed E-state index contributed by atoms with van der Waals surface area (Å²) in [4.78, 5) is 37.6. The lowest BCUT2D eigenvalue weighted by atomic mass is 10.0. The topological polar surface area (TPSA) is 84.5 Å². The lowest BCUT2D eigenvalue weighted by molar-refractivity contribution is -0.160. The molecule has 0 saturated carbocycles. The first-order valence-corrected chi connectivity index (χ1v) is 9.80. The summed E-state index contributed by atoms with van der Waals surface area (Å²) in [7, 11) is 0. The van der Waals surface area contributed by atoms with Crippen molar-refractivity contribution in [1.29, 1.82) is 0 Å². The van der Waals surface area contributed by atoms with Gasteiger partial charge in [-0.25, -0.2) is 18.0 Å². The molecule has 32 heavy (non-hydrogen) atoms. The van der Waals surface area contributed by atoms with Crippen LogP contribution in [0, 0.1) is 11.6 Å². The molecule has 0 aliphatic rings. The van der Waals surface area contributed by atoms with Crippen LogP contribution in [0.2, 0.25) is 0 Å². The monoisotopic (exact) mass is 450 g/mol. The van der Waals surface area contributed by atoms with E-state index in [0.29, 0.717) is 11.6 Å². The maximum atomic E-state index is 15.1. The minimum atomic E-state index is -3.08. The van der Waals surface area contributed by atoms with E-state index in [4.69, 9.17) is 4.74 Å². The van der Waals surface area contributed by atoms with E-state index < -0.39 is 53.3 Å². The van der Waals surface area contributed by atoms with Crippen molar-refractivity contribution in [2.24, 2.45) is 0 Å². The van der Waals surface area contributed by atoms with Crippen LogP contribution in [0.1, 0.15) is 44.9 Å². The highest BCUT2D eigenvalue weighted by Crippen LogP contribution is 2.21. The molecule has 9 heteroatoms. The van der Waals surface area contributed by atoms with Crippen molar-refractivity contribution in [2.75, 3.05) is 0 Å². The Morgan fingerprint density at radius 2 is 1.50 bits per heavy atom. The number of ether oxygens (including phenoxy) is 1. The molecule has 6 nitrogen and oxygen atoms in total. The van der Waals surface area contributed by atoms with E-state index >= 15 is 4.39 Å². The molecular weight excluding hydrogens is 425 g/mol. The van der Waals surface area contributed by atoms with Gasteiger partial charge in [0.1, 0.15) is 17.2 Å². The molecule has 0 aliphatic carbocycles. The van der Waals surface area contributed by atoms with Gasteiger partial charge in [-0.15, -0.1) is 0 Å². The van der Waals surface area contributed by atoms with E-state index in [2.05, 4.69) is 10.6 Å². The first-order valence-electron chi connectivity index (χ1n) is 9.80. The van der Waals surface area contributed by atoms with Crippen molar-refractivity contribution in [2.45, 2.75) is 51.6 Å². The molecule has 2 atom stereocenters. The second-order valence-corrected chi connectivity index (χ2v) is 8.31. The van der Waals surface area contributed by atoms with E-state index in [0.717, 1.165) is 19.1 Å². The zero-order valence-electron chi connectivity index (χ0n) is 18.2. The van der Waals surface area contributed by atoms with E-state index in [1.54, 1.807) is 51.1 Å². The Hall–Kier alpha value is -3.36. The average molecular weight is 450 g/mol. The summed E-state index contributed by atoms with van der Waals surface area (Å²) < 4.78 is 47.0. The molecule has 172 valence electrons. The zero-order valence-corrected chi connectivity index (χ0v) is 18.2. The van der Waals surface area contributed by atoms with Gasteiger partial charge >= 0.3 is 5.97 Å². The molecule has 2 aromatic rings. The molecule has 2 rings (SSSR count). The van der Waals surface area contributed by atoms with Crippen molar-refractivity contribution >= 4 is 17.8 Å². The predicted molar refractivity (Wildman–Crippen MR) is 111 cm³/mol. The Labute approximate surface area is 184 Å². The second kappa shape index (κ2) is 9.84. The minimum Gasteiger partial charge on any atom is -0.458 e. The third kappa shape index (κ3) is 6.83. The fourth-order valence-electron chi connectivity index (χ4n) is 2.72. The van der Waals surface area contributed by atoms with Gasteiger partial charge in [0, 0.05) is 12.6 Å². The van der Waals surface area contributed by atoms with E-state index in [1.807, 2.05) is 0 Å². The van der Waals surface area contributed by atoms with E-state index in [-0.39, 0.29) is 5.56 Å². The molecule has 2 N–H and O–H groups in total. The first-order chi connectivity index (χ1) is 14.8. The lowest BCUT2D eigenvalue weighted by Crippen LogP contribution is -2.53. The molecule has 0 fully saturated rings. The summed E-state index contributed by atoms with van der Waals surface area (Å²) in [6.45, 7) is 5.22. The minimum absolute atomic E-state index is 0.0444. The molecule has 0 bridgehead atoms. The Morgan fingerprint density at radius 3 is 2.03 bits per heavy atom. The van der Waals surface area contributed by atoms with Crippen LogP contribution in [-0.2, 0) is 25.7 Å². The van der Waals surface area contributed by atoms with Crippen molar-refractivity contribution in [3.05, 3.63) is 71.3 Å². The number of hydrogen-bond acceptors (Lipinski definition) is 4. The number of carbonyl (C=O) groups excluding carboxylic acids is 3. The number of nitrogens with one attached hydrogen (secondary N) is 2. The standard InChI is InChI=1S/C23H25F3N2O4/c1-22(2,3)32-19(29)18(15-8-6-5-7-9-15)28-21(31)23(4,26)20(30)27-13-14-10-16(24)12-17(25)11-14/h5-12,18H,13H2,1-4H3,(H,27,30)(H,28,31)/t18-,23-/m0/s1. The summed E-state index contributed by atoms with van der Waals surface area (Å²) in [5, 5.41) is 4.35. The van der Waals surface area contributed by atoms with Crippen molar-refractivity contribution in [1.82, 2.24) is 10.6 Å². The van der Waals surface area contributed by atoms with Crippen molar-refractivity contribution in [3.8, 4) is 0 Å². The van der Waals surface area contributed by atoms with Crippen LogP contribution in [0.15, 0.2) is 48.5 Å². The quantitative estimate of drug-likeness (QED) is 0.500. The van der Waals surface area contributed by atoms with Crippen LogP contribution in [0.4, 0.5) is 13.2 Å². The number of halogens is 3. The van der Waals surface area contributed by atoms with Gasteiger partial charge in [0.2, 0.25) is 0 Å². The average Bonchev–Trinajstić information content (AvgIpc) is 2.68. The third-order valence-electron chi connectivity index (χ3n) is 4.28. The molecule has 0 saturated heterocycles. The number of benzene rings is 2. The van der Waals surface area contributed by atoms with E-state index in [9.17, 15) is 23.2 Å². The largest absolute Gasteiger partial charge is 0.458 e. The number of esters is 1. The molecule has 0 unspecified atom stereocenters. The van der Waals surface area contributed by atoms with Crippen LogP contribution >= 0.6 is 0 Å². The molecular formula is C23H25F3N2O4. The molecule has 0 heterocycles. The van der Waals surface area contributed by atoms with Gasteiger partial charge in [-0.05, 0) is 51.0 Å². The van der Waals surface area contributed by atoms with Gasteiger partial charge in [0.25, 0.3) is 17.5 Å². The van der Waals surface area contributed by atoms with Crippen LogP contribution in [-0.4, -0.2) is 29.1 Å². The van der Waals surface area contributed by atoms with E-state index in [1.165, 1.54) is 0 Å². The number of rotatable bonds is 7. The predicted octanol–water partition coefficient (Wildman–Crippen LogP) is 3.51. The van der Waals surface area contributed by atoms with Gasteiger partial charge < -0.3 is 15.4 Å². The lowest BCUT2D eigenvalue weighted by Gasteiger charge is -2.27. The van der Waals surface area contributed by atoms with Crippen molar-refractivity contribution in [3.63, 3.8) is 0 Å². The molecule has 0 radical (unpaired) electrons. The zero-order chi connectivity index (χ0) is 24.1. The van der Waals surface area contributed by atoms with Gasteiger partial charge in [0.05, 0.1) is 0 Å². The molecule has 2 aromatic carbocycles. The molecule has 0 aromatic heterocycles. The Bertz CT molecular complexity index is 968. The second-order valence-electron chi connectivity index (χ2n) is 8.31. The van der Waals surface area contributed by atoms with Gasteiger partial charge in [-0.1, -0.05) is 30.3 Å². The highest BCUT2D eigenvalue weighted by molar-refractivity contribution is 6.08. The van der Waals surface area contributed by atoms with Gasteiger partial charge in [0.15, 0.2) is 6.04 Å². The number of amides is 2. The Morgan fingerprint density at radius 1 is 0.938 bits per heavy atom. The SMILES string of the molecule is CC(C)(C)OC(=O)[C@@H](NC(=O)[C@@](C)(F)C(=O)NCc1cc(F)cc(F)c1)c1ccccc1. The number of hydrogen-bond donors (Lipinski definition) is 2. The molecule has 0 aliphatic heterocycles. The van der Waals surface area contributed by atoms with Crippen LogP contribution in [0.25, 0.3) is 0 Å². The highest BCUT2D eigenvalue weighted by atomic mass is 19.1. The Balaban J connectivity index is 2.15. The van der Waals surface area contributed by atoms with Gasteiger partial charge in [-0.3, -0.25) is 9.59 Å². The van der Waals surface area contributed by atoms with Gasteiger partial charge in [-0.2, -0.15) is 0 Å². The summed E-state index contributed by atoms with van der Waals surface area (Å²) in [5.41, 5.74) is -3.57. The Kier molecular flexibility index (Phi) is 7.66. The van der Waals surface area contributed by atoms with Crippen LogP contribution in [0.3, 0.4) is 0 Å². The fraction of sp³-hybridized carbons (Fsp3) is 0.348.